The van der Waals surface area contributed by atoms with E-state index >= 15 is 0 Å². The minimum absolute atomic E-state index is 0.0917. The number of pyridine rings is 1. The van der Waals surface area contributed by atoms with Gasteiger partial charge in [0.2, 0.25) is 5.88 Å². The van der Waals surface area contributed by atoms with Crippen LogP contribution in [0.15, 0.2) is 18.2 Å². The first kappa shape index (κ1) is 17.6. The molecule has 2 heterocycles. The van der Waals surface area contributed by atoms with Crippen LogP contribution in [0.25, 0.3) is 0 Å². The second-order valence-electron chi connectivity index (χ2n) is 6.11. The van der Waals surface area contributed by atoms with Crippen LogP contribution in [0.4, 0.5) is 13.2 Å². The maximum absolute atomic E-state index is 12.6. The molecule has 1 aromatic rings. The van der Waals surface area contributed by atoms with Gasteiger partial charge in [-0.05, 0) is 31.7 Å². The van der Waals surface area contributed by atoms with Gasteiger partial charge in [-0.2, -0.15) is 13.2 Å². The highest BCUT2D eigenvalue weighted by molar-refractivity contribution is 5.92. The average Bonchev–Trinajstić information content (AvgIpc) is 2.65. The van der Waals surface area contributed by atoms with Gasteiger partial charge < -0.3 is 9.64 Å². The van der Waals surface area contributed by atoms with Gasteiger partial charge in [-0.3, -0.25) is 4.79 Å². The number of aromatic nitrogens is 1. The van der Waals surface area contributed by atoms with E-state index in [9.17, 15) is 18.0 Å². The predicted molar refractivity (Wildman–Crippen MR) is 79.3 cm³/mol. The lowest BCUT2D eigenvalue weighted by atomic mass is 10.1. The van der Waals surface area contributed by atoms with Gasteiger partial charge in [0.05, 0.1) is 0 Å². The van der Waals surface area contributed by atoms with Crippen LogP contribution in [0.2, 0.25) is 0 Å². The van der Waals surface area contributed by atoms with Crippen LogP contribution in [0.3, 0.4) is 0 Å². The number of carbonyl (C=O) groups is 1. The van der Waals surface area contributed by atoms with Gasteiger partial charge in [-0.25, -0.2) is 4.98 Å². The fourth-order valence-corrected chi connectivity index (χ4v) is 2.72. The summed E-state index contributed by atoms with van der Waals surface area (Å²) in [6, 6.07) is 4.40. The molecule has 1 saturated heterocycles. The van der Waals surface area contributed by atoms with Crippen molar-refractivity contribution in [3.8, 4) is 5.88 Å². The molecule has 0 aromatic carbocycles. The second-order valence-corrected chi connectivity index (χ2v) is 6.11. The minimum atomic E-state index is -4.43. The van der Waals surface area contributed by atoms with E-state index in [1.54, 1.807) is 4.90 Å². The lowest BCUT2D eigenvalue weighted by molar-refractivity contribution is -0.154. The van der Waals surface area contributed by atoms with Crippen molar-refractivity contribution in [1.29, 1.82) is 0 Å². The summed E-state index contributed by atoms with van der Waals surface area (Å²) in [5, 5.41) is 0. The topological polar surface area (TPSA) is 42.4 Å². The van der Waals surface area contributed by atoms with Crippen LogP contribution in [0.5, 0.6) is 5.88 Å². The zero-order valence-corrected chi connectivity index (χ0v) is 13.3. The fourth-order valence-electron chi connectivity index (χ4n) is 2.72. The molecule has 0 saturated carbocycles. The lowest BCUT2D eigenvalue weighted by Gasteiger charge is -2.28. The summed E-state index contributed by atoms with van der Waals surface area (Å²) >= 11 is 0. The van der Waals surface area contributed by atoms with Crippen molar-refractivity contribution in [2.24, 2.45) is 5.92 Å². The molecule has 128 valence electrons. The van der Waals surface area contributed by atoms with Gasteiger partial charge in [0.25, 0.3) is 5.91 Å². The van der Waals surface area contributed by atoms with E-state index in [1.807, 2.05) is 6.92 Å². The molecular weight excluding hydrogens is 309 g/mol. The molecule has 0 radical (unpaired) electrons. The molecule has 0 bridgehead atoms. The van der Waals surface area contributed by atoms with E-state index in [0.29, 0.717) is 12.5 Å². The molecule has 1 amide bonds. The summed E-state index contributed by atoms with van der Waals surface area (Å²) < 4.78 is 41.2. The van der Waals surface area contributed by atoms with Crippen LogP contribution in [0, 0.1) is 5.92 Å². The van der Waals surface area contributed by atoms with Gasteiger partial charge in [-0.1, -0.05) is 19.4 Å². The first-order valence-corrected chi connectivity index (χ1v) is 7.74. The number of likely N-dealkylation sites (tertiary alicyclic amines) is 1. The largest absolute Gasteiger partial charge is 0.468 e. The van der Waals surface area contributed by atoms with E-state index in [1.165, 1.54) is 18.2 Å². The predicted octanol–water partition coefficient (Wildman–Crippen LogP) is 3.67. The van der Waals surface area contributed by atoms with E-state index in [2.05, 4.69) is 16.6 Å². The molecule has 23 heavy (non-hydrogen) atoms. The molecule has 1 aliphatic heterocycles. The maximum Gasteiger partial charge on any atom is 0.422 e. The second kappa shape index (κ2) is 7.19. The monoisotopic (exact) mass is 330 g/mol. The van der Waals surface area contributed by atoms with E-state index in [0.717, 1.165) is 19.3 Å². The molecule has 0 aliphatic carbocycles. The van der Waals surface area contributed by atoms with Crippen molar-refractivity contribution in [2.45, 2.75) is 45.3 Å². The van der Waals surface area contributed by atoms with Gasteiger partial charge >= 0.3 is 6.18 Å². The Morgan fingerprint density at radius 1 is 1.35 bits per heavy atom. The van der Waals surface area contributed by atoms with Crippen molar-refractivity contribution in [1.82, 2.24) is 9.88 Å². The first-order chi connectivity index (χ1) is 10.8. The number of nitrogens with zero attached hydrogens (tertiary/aromatic N) is 2. The Labute approximate surface area is 133 Å². The van der Waals surface area contributed by atoms with Gasteiger partial charge in [-0.15, -0.1) is 0 Å². The minimum Gasteiger partial charge on any atom is -0.468 e. The molecule has 0 spiro atoms. The Kier molecular flexibility index (Phi) is 5.49. The lowest BCUT2D eigenvalue weighted by Crippen LogP contribution is -2.40. The number of hydrogen-bond acceptors (Lipinski definition) is 3. The summed E-state index contributed by atoms with van der Waals surface area (Å²) in [4.78, 5) is 18.3. The third-order valence-corrected chi connectivity index (χ3v) is 3.95. The molecule has 2 rings (SSSR count). The summed E-state index contributed by atoms with van der Waals surface area (Å²) in [5.74, 6) is -0.0547. The van der Waals surface area contributed by atoms with Crippen LogP contribution >= 0.6 is 0 Å². The van der Waals surface area contributed by atoms with Crippen molar-refractivity contribution in [3.05, 3.63) is 23.9 Å². The molecule has 0 unspecified atom stereocenters. The Morgan fingerprint density at radius 3 is 2.78 bits per heavy atom. The summed E-state index contributed by atoms with van der Waals surface area (Å²) in [7, 11) is 0. The molecule has 0 N–H and O–H groups in total. The van der Waals surface area contributed by atoms with E-state index in [-0.39, 0.29) is 23.5 Å². The van der Waals surface area contributed by atoms with Crippen molar-refractivity contribution in [3.63, 3.8) is 0 Å². The highest BCUT2D eigenvalue weighted by Gasteiger charge is 2.29. The Morgan fingerprint density at radius 2 is 2.09 bits per heavy atom. The third-order valence-electron chi connectivity index (χ3n) is 3.95. The molecular formula is C16H21F3N2O2. The molecule has 7 heteroatoms. The zero-order chi connectivity index (χ0) is 17.0. The van der Waals surface area contributed by atoms with Crippen LogP contribution in [-0.4, -0.2) is 41.2 Å². The number of halogens is 3. The van der Waals surface area contributed by atoms with Gasteiger partial charge in [0.1, 0.15) is 5.69 Å². The van der Waals surface area contributed by atoms with E-state index in [4.69, 9.17) is 0 Å². The molecule has 1 aliphatic rings. The smallest absolute Gasteiger partial charge is 0.422 e. The van der Waals surface area contributed by atoms with E-state index < -0.39 is 12.8 Å². The number of rotatable bonds is 3. The Bertz CT molecular complexity index is 548. The SMILES string of the molecule is C[C@H]1CCC[C@@H](C)N(C(=O)c2cccc(OCC(F)(F)F)n2)C1. The normalized spacial score (nSPS) is 22.6. The average molecular weight is 330 g/mol. The highest BCUT2D eigenvalue weighted by atomic mass is 19.4. The van der Waals surface area contributed by atoms with Crippen molar-refractivity contribution >= 4 is 5.91 Å². The number of alkyl halides is 3. The summed E-state index contributed by atoms with van der Waals surface area (Å²) in [6.07, 6.45) is -1.39. The fraction of sp³-hybridized carbons (Fsp3) is 0.625. The molecule has 2 atom stereocenters. The molecule has 1 aromatic heterocycles. The van der Waals surface area contributed by atoms with Crippen LogP contribution in [-0.2, 0) is 0 Å². The summed E-state index contributed by atoms with van der Waals surface area (Å²) in [6.45, 7) is 3.29. The third kappa shape index (κ3) is 5.11. The van der Waals surface area contributed by atoms with Crippen molar-refractivity contribution in [2.75, 3.05) is 13.2 Å². The van der Waals surface area contributed by atoms with Crippen molar-refractivity contribution < 1.29 is 22.7 Å². The quantitative estimate of drug-likeness (QED) is 0.849. The standard InChI is InChI=1S/C16H21F3N2O2/c1-11-5-3-6-12(2)21(9-11)15(22)13-7-4-8-14(20-13)23-10-16(17,18)19/h4,7-8,11-12H,3,5-6,9-10H2,1-2H3/t11-,12+/m0/s1. The maximum atomic E-state index is 12.6. The Hall–Kier alpha value is -1.79. The Balaban J connectivity index is 2.12. The number of ether oxygens (including phenoxy) is 1. The van der Waals surface area contributed by atoms with Crippen LogP contribution in [0.1, 0.15) is 43.6 Å². The number of amides is 1. The number of hydrogen-bond donors (Lipinski definition) is 0. The molecule has 4 nitrogen and oxygen atoms in total. The first-order valence-electron chi connectivity index (χ1n) is 7.74. The van der Waals surface area contributed by atoms with Gasteiger partial charge in [0.15, 0.2) is 6.61 Å². The number of carbonyl (C=O) groups excluding carboxylic acids is 1. The van der Waals surface area contributed by atoms with Gasteiger partial charge in [0, 0.05) is 18.7 Å². The highest BCUT2D eigenvalue weighted by Crippen LogP contribution is 2.23. The summed E-state index contributed by atoms with van der Waals surface area (Å²) in [5.41, 5.74) is 0.116. The molecule has 1 fully saturated rings. The zero-order valence-electron chi connectivity index (χ0n) is 13.3. The van der Waals surface area contributed by atoms with Crippen LogP contribution < -0.4 is 4.74 Å².